The quantitative estimate of drug-likeness (QED) is 0.597. The van der Waals surface area contributed by atoms with Gasteiger partial charge in [-0.05, 0) is 48.0 Å². The number of carbonyl (C=O) groups excluding carboxylic acids is 1. The molecule has 1 heterocycles. The van der Waals surface area contributed by atoms with Gasteiger partial charge in [0.25, 0.3) is 5.91 Å². The highest BCUT2D eigenvalue weighted by Gasteiger charge is 2.30. The van der Waals surface area contributed by atoms with Crippen molar-refractivity contribution in [2.75, 3.05) is 10.6 Å². The summed E-state index contributed by atoms with van der Waals surface area (Å²) in [7, 11) is 0. The Kier molecular flexibility index (Phi) is 5.58. The molecule has 0 atom stereocenters. The van der Waals surface area contributed by atoms with E-state index in [4.69, 9.17) is 0 Å². The Hall–Kier alpha value is -3.42. The number of aromatic nitrogens is 1. The molecule has 0 fully saturated rings. The summed E-state index contributed by atoms with van der Waals surface area (Å²) >= 11 is 0. The molecule has 1 aromatic heterocycles. The van der Waals surface area contributed by atoms with Gasteiger partial charge in [-0.25, -0.2) is 9.37 Å². The van der Waals surface area contributed by atoms with Crippen molar-refractivity contribution in [2.24, 2.45) is 0 Å². The van der Waals surface area contributed by atoms with Crippen molar-refractivity contribution in [1.82, 2.24) is 4.98 Å². The lowest BCUT2D eigenvalue weighted by atomic mass is 10.2. The summed E-state index contributed by atoms with van der Waals surface area (Å²) in [6.45, 7) is 0.442. The number of carbonyl (C=O) groups is 1. The number of hydrogen-bond acceptors (Lipinski definition) is 3. The number of nitrogens with zero attached hydrogens (tertiary/aromatic N) is 1. The average molecular weight is 389 g/mol. The molecule has 8 heteroatoms. The summed E-state index contributed by atoms with van der Waals surface area (Å²) in [6.07, 6.45) is -3.05. The first-order valence-corrected chi connectivity index (χ1v) is 8.24. The molecule has 0 unspecified atom stereocenters. The van der Waals surface area contributed by atoms with E-state index in [1.807, 2.05) is 0 Å². The molecule has 0 saturated heterocycles. The topological polar surface area (TPSA) is 54.0 Å². The fourth-order valence-electron chi connectivity index (χ4n) is 2.41. The lowest BCUT2D eigenvalue weighted by Gasteiger charge is -2.10. The highest BCUT2D eigenvalue weighted by Crippen LogP contribution is 2.30. The lowest BCUT2D eigenvalue weighted by molar-refractivity contribution is -0.137. The van der Waals surface area contributed by atoms with E-state index in [1.165, 1.54) is 36.5 Å². The summed E-state index contributed by atoms with van der Waals surface area (Å²) < 4.78 is 51.1. The minimum absolute atomic E-state index is 0.0279. The zero-order valence-corrected chi connectivity index (χ0v) is 14.4. The summed E-state index contributed by atoms with van der Waals surface area (Å²) in [5.41, 5.74) is 0.746. The Balaban J connectivity index is 1.61. The van der Waals surface area contributed by atoms with E-state index in [1.54, 1.807) is 18.2 Å². The van der Waals surface area contributed by atoms with Crippen LogP contribution in [0.3, 0.4) is 0 Å². The number of alkyl halides is 3. The van der Waals surface area contributed by atoms with Gasteiger partial charge in [-0.3, -0.25) is 4.79 Å². The molecule has 2 N–H and O–H groups in total. The first kappa shape index (κ1) is 19.3. The van der Waals surface area contributed by atoms with Gasteiger partial charge in [0.1, 0.15) is 11.5 Å². The molecule has 0 spiro atoms. The van der Waals surface area contributed by atoms with E-state index in [0.717, 1.165) is 17.7 Å². The summed E-state index contributed by atoms with van der Waals surface area (Å²) in [6, 6.07) is 13.5. The van der Waals surface area contributed by atoms with Gasteiger partial charge in [-0.15, -0.1) is 0 Å². The maximum Gasteiger partial charge on any atom is 0.416 e. The zero-order chi connectivity index (χ0) is 20.1. The number of rotatable bonds is 5. The third-order valence-electron chi connectivity index (χ3n) is 3.85. The molecular formula is C20H15F4N3O. The van der Waals surface area contributed by atoms with Gasteiger partial charge < -0.3 is 10.6 Å². The molecule has 2 aromatic carbocycles. The smallest absolute Gasteiger partial charge is 0.380 e. The second kappa shape index (κ2) is 8.08. The van der Waals surface area contributed by atoms with E-state index in [0.29, 0.717) is 12.2 Å². The van der Waals surface area contributed by atoms with Crippen LogP contribution in [0.1, 0.15) is 21.6 Å². The first-order chi connectivity index (χ1) is 13.3. The van der Waals surface area contributed by atoms with Crippen LogP contribution in [0.2, 0.25) is 0 Å². The Labute approximate surface area is 158 Å². The van der Waals surface area contributed by atoms with E-state index in [9.17, 15) is 22.4 Å². The van der Waals surface area contributed by atoms with Crippen LogP contribution in [-0.2, 0) is 12.7 Å². The molecule has 0 aliphatic carbocycles. The number of benzene rings is 2. The van der Waals surface area contributed by atoms with E-state index in [-0.39, 0.29) is 17.2 Å². The maximum absolute atomic E-state index is 12.9. The Morgan fingerprint density at radius 3 is 2.36 bits per heavy atom. The van der Waals surface area contributed by atoms with Crippen molar-refractivity contribution in [3.63, 3.8) is 0 Å². The fraction of sp³-hybridized carbons (Fsp3) is 0.100. The minimum atomic E-state index is -4.49. The van der Waals surface area contributed by atoms with Crippen molar-refractivity contribution in [3.8, 4) is 0 Å². The van der Waals surface area contributed by atoms with Gasteiger partial charge in [0.05, 0.1) is 17.4 Å². The van der Waals surface area contributed by atoms with E-state index >= 15 is 0 Å². The molecule has 28 heavy (non-hydrogen) atoms. The van der Waals surface area contributed by atoms with Crippen molar-refractivity contribution >= 4 is 17.3 Å². The SMILES string of the molecule is O=C(Nc1cccc(C(F)(F)F)c1)c1ccc(NCc2ccc(F)cc2)cn1. The van der Waals surface area contributed by atoms with Crippen LogP contribution in [0, 0.1) is 5.82 Å². The van der Waals surface area contributed by atoms with Gasteiger partial charge in [-0.1, -0.05) is 18.2 Å². The summed E-state index contributed by atoms with van der Waals surface area (Å²) in [4.78, 5) is 16.2. The fourth-order valence-corrected chi connectivity index (χ4v) is 2.41. The molecule has 0 bridgehead atoms. The predicted octanol–water partition coefficient (Wildman–Crippen LogP) is 5.10. The number of anilines is 2. The number of amides is 1. The van der Waals surface area contributed by atoms with E-state index in [2.05, 4.69) is 15.6 Å². The van der Waals surface area contributed by atoms with Crippen LogP contribution in [0.15, 0.2) is 66.9 Å². The normalized spacial score (nSPS) is 11.1. The number of nitrogens with one attached hydrogen (secondary N) is 2. The number of halogens is 4. The Bertz CT molecular complexity index is 954. The van der Waals surface area contributed by atoms with Crippen LogP contribution in [0.4, 0.5) is 28.9 Å². The van der Waals surface area contributed by atoms with Crippen LogP contribution in [0.5, 0.6) is 0 Å². The predicted molar refractivity (Wildman–Crippen MR) is 97.4 cm³/mol. The third-order valence-corrected chi connectivity index (χ3v) is 3.85. The molecule has 144 valence electrons. The molecule has 0 radical (unpaired) electrons. The van der Waals surface area contributed by atoms with Crippen molar-refractivity contribution in [3.05, 3.63) is 89.5 Å². The molecule has 3 rings (SSSR count). The minimum Gasteiger partial charge on any atom is -0.380 e. The lowest BCUT2D eigenvalue weighted by Crippen LogP contribution is -2.14. The molecule has 3 aromatic rings. The molecule has 0 aliphatic rings. The van der Waals surface area contributed by atoms with Gasteiger partial charge in [-0.2, -0.15) is 13.2 Å². The first-order valence-electron chi connectivity index (χ1n) is 8.24. The van der Waals surface area contributed by atoms with Crippen LogP contribution < -0.4 is 10.6 Å². The highest BCUT2D eigenvalue weighted by molar-refractivity contribution is 6.03. The van der Waals surface area contributed by atoms with Gasteiger partial charge in [0.15, 0.2) is 0 Å². The molecular weight excluding hydrogens is 374 g/mol. The van der Waals surface area contributed by atoms with Crippen LogP contribution in [-0.4, -0.2) is 10.9 Å². The van der Waals surface area contributed by atoms with Gasteiger partial charge in [0, 0.05) is 12.2 Å². The number of hydrogen-bond donors (Lipinski definition) is 2. The molecule has 1 amide bonds. The second-order valence-corrected chi connectivity index (χ2v) is 5.94. The average Bonchev–Trinajstić information content (AvgIpc) is 2.67. The van der Waals surface area contributed by atoms with Gasteiger partial charge in [0.2, 0.25) is 0 Å². The standard InChI is InChI=1S/C20H15F4N3O/c21-15-6-4-13(5-7-15)11-25-17-8-9-18(26-12-17)19(28)27-16-3-1-2-14(10-16)20(22,23)24/h1-10,12,25H,11H2,(H,27,28). The monoisotopic (exact) mass is 389 g/mol. The maximum atomic E-state index is 12.9. The molecule has 4 nitrogen and oxygen atoms in total. The van der Waals surface area contributed by atoms with Gasteiger partial charge >= 0.3 is 6.18 Å². The van der Waals surface area contributed by atoms with Crippen LogP contribution >= 0.6 is 0 Å². The Morgan fingerprint density at radius 1 is 0.964 bits per heavy atom. The second-order valence-electron chi connectivity index (χ2n) is 5.94. The molecule has 0 saturated carbocycles. The van der Waals surface area contributed by atoms with Crippen LogP contribution in [0.25, 0.3) is 0 Å². The van der Waals surface area contributed by atoms with Crippen molar-refractivity contribution < 1.29 is 22.4 Å². The largest absolute Gasteiger partial charge is 0.416 e. The zero-order valence-electron chi connectivity index (χ0n) is 14.4. The van der Waals surface area contributed by atoms with E-state index < -0.39 is 17.6 Å². The molecule has 0 aliphatic heterocycles. The van der Waals surface area contributed by atoms with Crippen molar-refractivity contribution in [2.45, 2.75) is 12.7 Å². The third kappa shape index (κ3) is 5.06. The van der Waals surface area contributed by atoms with Crippen molar-refractivity contribution in [1.29, 1.82) is 0 Å². The highest BCUT2D eigenvalue weighted by atomic mass is 19.4. The Morgan fingerprint density at radius 2 is 1.71 bits per heavy atom. The summed E-state index contributed by atoms with van der Waals surface area (Å²) in [5.74, 6) is -0.939. The number of pyridine rings is 1. The summed E-state index contributed by atoms with van der Waals surface area (Å²) in [5, 5.41) is 5.47.